The zero-order valence-electron chi connectivity index (χ0n) is 54.5. The summed E-state index contributed by atoms with van der Waals surface area (Å²) in [5, 5.41) is 12.3. The van der Waals surface area contributed by atoms with E-state index in [-0.39, 0.29) is 0 Å². The highest BCUT2D eigenvalue weighted by atomic mass is 32.1. The Morgan fingerprint density at radius 2 is 0.570 bits per heavy atom. The predicted molar refractivity (Wildman–Crippen MR) is 432 cm³/mol. The molecule has 0 saturated carbocycles. The predicted octanol–water partition coefficient (Wildman–Crippen LogP) is 28.5. The average Bonchev–Trinajstić information content (AvgIpc) is 1.39. The number of fused-ring (bicyclic) bond motifs is 9. The van der Waals surface area contributed by atoms with Gasteiger partial charge in [-0.3, -0.25) is 0 Å². The molecule has 0 radical (unpaired) electrons. The third-order valence-corrected chi connectivity index (χ3v) is 22.5. The molecular weight excluding hydrogens is 1250 g/mol. The van der Waals surface area contributed by atoms with Gasteiger partial charge < -0.3 is 9.80 Å². The molecule has 4 heteroatoms. The van der Waals surface area contributed by atoms with Gasteiger partial charge in [0.25, 0.3) is 0 Å². The van der Waals surface area contributed by atoms with Crippen molar-refractivity contribution in [2.45, 2.75) is 0 Å². The van der Waals surface area contributed by atoms with Crippen molar-refractivity contribution < 1.29 is 0 Å². The molecule has 2 aromatic heterocycles. The summed E-state index contributed by atoms with van der Waals surface area (Å²) >= 11 is 3.77. The van der Waals surface area contributed by atoms with E-state index in [0.29, 0.717) is 0 Å². The Hall–Kier alpha value is -12.4. The van der Waals surface area contributed by atoms with Crippen molar-refractivity contribution in [1.29, 1.82) is 0 Å². The molecule has 0 unspecified atom stereocenters. The number of hydrogen-bond donors (Lipinski definition) is 0. The van der Waals surface area contributed by atoms with Gasteiger partial charge in [-0.15, -0.1) is 22.7 Å². The van der Waals surface area contributed by atoms with Gasteiger partial charge in [0.1, 0.15) is 0 Å². The second kappa shape index (κ2) is 24.9. The van der Waals surface area contributed by atoms with E-state index in [1.165, 1.54) is 117 Å². The van der Waals surface area contributed by atoms with E-state index >= 15 is 0 Å². The van der Waals surface area contributed by atoms with Crippen LogP contribution in [0.2, 0.25) is 0 Å². The van der Waals surface area contributed by atoms with Gasteiger partial charge in [0.05, 0.1) is 17.1 Å². The molecule has 0 N–H and O–H groups in total. The first-order valence-electron chi connectivity index (χ1n) is 34.2. The van der Waals surface area contributed by atoms with Crippen LogP contribution in [0.3, 0.4) is 0 Å². The van der Waals surface area contributed by atoms with Crippen LogP contribution in [0.1, 0.15) is 0 Å². The van der Waals surface area contributed by atoms with E-state index < -0.39 is 0 Å². The van der Waals surface area contributed by atoms with E-state index in [1.54, 1.807) is 0 Å². The third kappa shape index (κ3) is 10.4. The Kier molecular flexibility index (Phi) is 14.7. The van der Waals surface area contributed by atoms with Crippen molar-refractivity contribution in [3.05, 3.63) is 376 Å². The van der Waals surface area contributed by atoms with E-state index in [1.807, 2.05) is 22.7 Å². The molecular formula is C96H62N2S2. The lowest BCUT2D eigenvalue weighted by Crippen LogP contribution is -2.12. The number of hydrogen-bond acceptors (Lipinski definition) is 4. The maximum absolute atomic E-state index is 2.53. The highest BCUT2D eigenvalue weighted by molar-refractivity contribution is 7.26. The molecule has 19 aromatic rings. The van der Waals surface area contributed by atoms with Crippen LogP contribution in [0.25, 0.3) is 151 Å². The molecule has 0 amide bonds. The van der Waals surface area contributed by atoms with Gasteiger partial charge in [0.2, 0.25) is 0 Å². The van der Waals surface area contributed by atoms with E-state index in [2.05, 4.69) is 386 Å². The highest BCUT2D eigenvalue weighted by Crippen LogP contribution is 2.52. The first-order valence-corrected chi connectivity index (χ1v) is 35.8. The Labute approximate surface area is 589 Å². The Morgan fingerprint density at radius 3 is 1.23 bits per heavy atom. The fourth-order valence-electron chi connectivity index (χ4n) is 15.3. The number of benzene rings is 17. The van der Waals surface area contributed by atoms with Gasteiger partial charge in [-0.25, -0.2) is 0 Å². The lowest BCUT2D eigenvalue weighted by atomic mass is 9.93. The summed E-state index contributed by atoms with van der Waals surface area (Å²) < 4.78 is 5.06. The summed E-state index contributed by atoms with van der Waals surface area (Å²) in [5.74, 6) is 0. The molecule has 0 aliphatic carbocycles. The van der Waals surface area contributed by atoms with Gasteiger partial charge in [-0.05, 0) is 155 Å². The number of nitrogens with zero attached hydrogens (tertiary/aromatic N) is 2. The Bertz CT molecular complexity index is 6340. The zero-order valence-corrected chi connectivity index (χ0v) is 56.1. The van der Waals surface area contributed by atoms with Crippen LogP contribution in [0, 0.1) is 0 Å². The summed E-state index contributed by atoms with van der Waals surface area (Å²) in [5.41, 5.74) is 23.0. The van der Waals surface area contributed by atoms with Crippen molar-refractivity contribution in [2.75, 3.05) is 9.80 Å². The van der Waals surface area contributed by atoms with Gasteiger partial charge in [0, 0.05) is 85.0 Å². The topological polar surface area (TPSA) is 6.48 Å². The van der Waals surface area contributed by atoms with Crippen LogP contribution in [0.15, 0.2) is 376 Å². The molecule has 468 valence electrons. The van der Waals surface area contributed by atoms with Gasteiger partial charge in [-0.2, -0.15) is 0 Å². The van der Waals surface area contributed by atoms with Crippen LogP contribution in [0.4, 0.5) is 34.1 Å². The quantitative estimate of drug-likeness (QED) is 0.114. The van der Waals surface area contributed by atoms with Gasteiger partial charge >= 0.3 is 0 Å². The standard InChI is InChI=1S/C96H62N2S2/c1-2-22-63(23-3-1)64-48-50-65(51-49-64)66-52-55-74(56-53-66)97(75-31-16-30-71(59-75)79-38-17-27-67-24-4-7-32-77(67)79)91-44-13-10-35-82(91)86-40-21-43-89-85-57-54-70(62-94(85)100-96(86)89)72-58-73(80-39-18-28-68-25-5-8-33-78(68)80)61-76(60-72)98(90-46-19-29-69-26-6-9-34-81(69)90)92-45-14-11-36-83(92)87-41-20-42-88-84-37-12-15-47-93(84)99-95(87)88/h1-62H. The molecule has 0 fully saturated rings. The molecule has 0 bridgehead atoms. The average molecular weight is 1310 g/mol. The summed E-state index contributed by atoms with van der Waals surface area (Å²) in [7, 11) is 0. The first-order chi connectivity index (χ1) is 49.6. The van der Waals surface area contributed by atoms with Crippen molar-refractivity contribution in [2.24, 2.45) is 0 Å². The fourth-order valence-corrected chi connectivity index (χ4v) is 17.8. The molecule has 0 atom stereocenters. The second-order valence-electron chi connectivity index (χ2n) is 25.8. The first kappa shape index (κ1) is 58.9. The van der Waals surface area contributed by atoms with Crippen LogP contribution in [-0.2, 0) is 0 Å². The molecule has 17 aromatic carbocycles. The normalized spacial score (nSPS) is 11.6. The maximum atomic E-state index is 2.53. The molecule has 2 nitrogen and oxygen atoms in total. The van der Waals surface area contributed by atoms with Crippen LogP contribution >= 0.6 is 22.7 Å². The summed E-state index contributed by atoms with van der Waals surface area (Å²) in [6.45, 7) is 0. The van der Waals surface area contributed by atoms with Crippen LogP contribution < -0.4 is 9.80 Å². The van der Waals surface area contributed by atoms with Crippen molar-refractivity contribution >= 4 is 129 Å². The fraction of sp³-hybridized carbons (Fsp3) is 0. The highest BCUT2D eigenvalue weighted by Gasteiger charge is 2.25. The molecule has 2 heterocycles. The van der Waals surface area contributed by atoms with Crippen LogP contribution in [0.5, 0.6) is 0 Å². The Morgan fingerprint density at radius 1 is 0.170 bits per heavy atom. The van der Waals surface area contributed by atoms with Crippen molar-refractivity contribution in [3.63, 3.8) is 0 Å². The minimum absolute atomic E-state index is 1.07. The smallest absolute Gasteiger partial charge is 0.0540 e. The lowest BCUT2D eigenvalue weighted by molar-refractivity contribution is 1.28. The van der Waals surface area contributed by atoms with Gasteiger partial charge in [-0.1, -0.05) is 303 Å². The lowest BCUT2D eigenvalue weighted by Gasteiger charge is -2.30. The van der Waals surface area contributed by atoms with Crippen molar-refractivity contribution in [1.82, 2.24) is 0 Å². The van der Waals surface area contributed by atoms with Crippen LogP contribution in [-0.4, -0.2) is 0 Å². The number of para-hydroxylation sites is 2. The zero-order chi connectivity index (χ0) is 66.0. The van der Waals surface area contributed by atoms with E-state index in [0.717, 1.165) is 67.5 Å². The van der Waals surface area contributed by atoms with E-state index in [9.17, 15) is 0 Å². The molecule has 0 aliphatic rings. The summed E-state index contributed by atoms with van der Waals surface area (Å²) in [4.78, 5) is 4.99. The summed E-state index contributed by atoms with van der Waals surface area (Å²) in [6, 6.07) is 139. The molecule has 100 heavy (non-hydrogen) atoms. The molecule has 0 saturated heterocycles. The third-order valence-electron chi connectivity index (χ3n) is 20.0. The summed E-state index contributed by atoms with van der Waals surface area (Å²) in [6.07, 6.45) is 0. The second-order valence-corrected chi connectivity index (χ2v) is 27.9. The maximum Gasteiger partial charge on any atom is 0.0540 e. The van der Waals surface area contributed by atoms with Crippen molar-refractivity contribution in [3.8, 4) is 77.9 Å². The number of rotatable bonds is 13. The molecule has 0 spiro atoms. The number of anilines is 6. The Balaban J connectivity index is 0.771. The number of thiophene rings is 2. The van der Waals surface area contributed by atoms with E-state index in [4.69, 9.17) is 0 Å². The SMILES string of the molecule is c1ccc(-c2ccc(-c3ccc(N(c4cccc(-c5cccc6ccccc56)c4)c4ccccc4-c4cccc5c4sc4cc(-c6cc(-c7cccc8ccccc78)cc(N(c7ccccc7-c7cccc8c7sc7ccccc78)c7cccc8ccccc78)c6)ccc45)cc3)cc2)cc1. The van der Waals surface area contributed by atoms with Gasteiger partial charge in [0.15, 0.2) is 0 Å². The molecule has 0 aliphatic heterocycles. The minimum atomic E-state index is 1.07. The molecule has 19 rings (SSSR count). The minimum Gasteiger partial charge on any atom is -0.310 e. The monoisotopic (exact) mass is 1310 g/mol. The largest absolute Gasteiger partial charge is 0.310 e.